The van der Waals surface area contributed by atoms with Crippen molar-refractivity contribution in [3.8, 4) is 0 Å². The predicted molar refractivity (Wildman–Crippen MR) is 83.1 cm³/mol. The van der Waals surface area contributed by atoms with Crippen molar-refractivity contribution >= 4 is 27.5 Å². The molecule has 0 aliphatic heterocycles. The Hall–Kier alpha value is -0.0900. The lowest BCUT2D eigenvalue weighted by Crippen LogP contribution is -2.35. The lowest BCUT2D eigenvalue weighted by molar-refractivity contribution is 0.202. The van der Waals surface area contributed by atoms with Gasteiger partial charge >= 0.3 is 0 Å². The highest BCUT2D eigenvalue weighted by Crippen LogP contribution is 2.30. The van der Waals surface area contributed by atoms with Gasteiger partial charge in [-0.1, -0.05) is 41.4 Å². The predicted octanol–water partition coefficient (Wildman–Crippen LogP) is 4.22. The Labute approximate surface area is 124 Å². The first-order chi connectivity index (χ1) is 8.63. The maximum Gasteiger partial charge on any atom is 0.0485 e. The van der Waals surface area contributed by atoms with Gasteiger partial charge in [0, 0.05) is 22.1 Å². The molecule has 0 saturated heterocycles. The van der Waals surface area contributed by atoms with Gasteiger partial charge in [0.2, 0.25) is 0 Å². The Morgan fingerprint density at radius 2 is 1.89 bits per heavy atom. The summed E-state index contributed by atoms with van der Waals surface area (Å²) < 4.78 is 1.05. The van der Waals surface area contributed by atoms with Gasteiger partial charge in [0.1, 0.15) is 0 Å². The van der Waals surface area contributed by atoms with E-state index >= 15 is 0 Å². The van der Waals surface area contributed by atoms with Gasteiger partial charge in [-0.25, -0.2) is 0 Å². The molecule has 0 spiro atoms. The molecule has 1 aromatic rings. The van der Waals surface area contributed by atoms with Gasteiger partial charge in [0.15, 0.2) is 0 Å². The van der Waals surface area contributed by atoms with E-state index in [0.717, 1.165) is 41.0 Å². The Balaban J connectivity index is 3.01. The zero-order chi connectivity index (χ0) is 13.5. The van der Waals surface area contributed by atoms with Crippen LogP contribution in [0.4, 0.5) is 0 Å². The molecule has 102 valence electrons. The average Bonchev–Trinajstić information content (AvgIpc) is 2.35. The van der Waals surface area contributed by atoms with Gasteiger partial charge in [-0.3, -0.25) is 4.90 Å². The molecule has 0 amide bonds. The van der Waals surface area contributed by atoms with E-state index in [9.17, 15) is 0 Å². The summed E-state index contributed by atoms with van der Waals surface area (Å²) in [6.45, 7) is 7.09. The number of nitrogens with two attached hydrogens (primary N) is 1. The van der Waals surface area contributed by atoms with E-state index in [1.807, 2.05) is 12.1 Å². The SMILES string of the molecule is CCCN(CCC)C(CN)c1cc(Br)ccc1Cl. The van der Waals surface area contributed by atoms with Crippen LogP contribution in [0.5, 0.6) is 0 Å². The van der Waals surface area contributed by atoms with Crippen LogP contribution in [-0.2, 0) is 0 Å². The summed E-state index contributed by atoms with van der Waals surface area (Å²) in [6, 6.07) is 6.18. The van der Waals surface area contributed by atoms with Crippen molar-refractivity contribution in [3.05, 3.63) is 33.3 Å². The van der Waals surface area contributed by atoms with Gasteiger partial charge in [-0.05, 0) is 49.7 Å². The molecule has 2 nitrogen and oxygen atoms in total. The first-order valence-corrected chi connectivity index (χ1v) is 7.70. The van der Waals surface area contributed by atoms with Crippen molar-refractivity contribution in [2.24, 2.45) is 5.73 Å². The fourth-order valence-electron chi connectivity index (χ4n) is 2.24. The third-order valence-electron chi connectivity index (χ3n) is 3.00. The minimum Gasteiger partial charge on any atom is -0.329 e. The highest BCUT2D eigenvalue weighted by molar-refractivity contribution is 9.10. The van der Waals surface area contributed by atoms with Crippen molar-refractivity contribution in [1.29, 1.82) is 0 Å². The van der Waals surface area contributed by atoms with Crippen molar-refractivity contribution in [2.75, 3.05) is 19.6 Å². The number of hydrogen-bond donors (Lipinski definition) is 1. The van der Waals surface area contributed by atoms with Crippen LogP contribution in [0.2, 0.25) is 5.02 Å². The highest BCUT2D eigenvalue weighted by Gasteiger charge is 2.20. The van der Waals surface area contributed by atoms with E-state index < -0.39 is 0 Å². The van der Waals surface area contributed by atoms with E-state index in [1.165, 1.54) is 0 Å². The summed E-state index contributed by atoms with van der Waals surface area (Å²) in [5.74, 6) is 0. The molecular formula is C14H22BrClN2. The first-order valence-electron chi connectivity index (χ1n) is 6.53. The standard InChI is InChI=1S/C14H22BrClN2/c1-3-7-18(8-4-2)14(10-17)12-9-11(15)5-6-13(12)16/h5-6,9,14H,3-4,7-8,10,17H2,1-2H3. The Morgan fingerprint density at radius 3 is 2.39 bits per heavy atom. The van der Waals surface area contributed by atoms with Crippen molar-refractivity contribution < 1.29 is 0 Å². The van der Waals surface area contributed by atoms with Crippen LogP contribution in [-0.4, -0.2) is 24.5 Å². The fourth-order valence-corrected chi connectivity index (χ4v) is 2.86. The summed E-state index contributed by atoms with van der Waals surface area (Å²) in [7, 11) is 0. The number of hydrogen-bond acceptors (Lipinski definition) is 2. The zero-order valence-corrected chi connectivity index (χ0v) is 13.5. The van der Waals surface area contributed by atoms with Gasteiger partial charge in [-0.2, -0.15) is 0 Å². The minimum atomic E-state index is 0.204. The number of benzene rings is 1. The van der Waals surface area contributed by atoms with Crippen LogP contribution in [0.1, 0.15) is 38.3 Å². The van der Waals surface area contributed by atoms with Crippen LogP contribution in [0, 0.1) is 0 Å². The topological polar surface area (TPSA) is 29.3 Å². The number of nitrogens with zero attached hydrogens (tertiary/aromatic N) is 1. The highest BCUT2D eigenvalue weighted by atomic mass is 79.9. The van der Waals surface area contributed by atoms with E-state index in [-0.39, 0.29) is 6.04 Å². The lowest BCUT2D eigenvalue weighted by Gasteiger charge is -2.31. The smallest absolute Gasteiger partial charge is 0.0485 e. The minimum absolute atomic E-state index is 0.204. The Morgan fingerprint density at radius 1 is 1.28 bits per heavy atom. The summed E-state index contributed by atoms with van der Waals surface area (Å²) >= 11 is 9.81. The second-order valence-electron chi connectivity index (χ2n) is 4.45. The lowest BCUT2D eigenvalue weighted by atomic mass is 10.0. The molecule has 1 aromatic carbocycles. The molecule has 1 rings (SSSR count). The van der Waals surface area contributed by atoms with Crippen molar-refractivity contribution in [2.45, 2.75) is 32.7 Å². The van der Waals surface area contributed by atoms with Gasteiger partial charge in [0.05, 0.1) is 0 Å². The first kappa shape index (κ1) is 16.0. The third kappa shape index (κ3) is 4.23. The Kier molecular flexibility index (Phi) is 7.23. The van der Waals surface area contributed by atoms with Crippen molar-refractivity contribution in [1.82, 2.24) is 4.90 Å². The molecule has 0 aliphatic rings. The molecule has 2 N–H and O–H groups in total. The van der Waals surface area contributed by atoms with Crippen molar-refractivity contribution in [3.63, 3.8) is 0 Å². The second-order valence-corrected chi connectivity index (χ2v) is 5.78. The quantitative estimate of drug-likeness (QED) is 0.809. The molecule has 0 aliphatic carbocycles. The van der Waals surface area contributed by atoms with E-state index in [4.69, 9.17) is 17.3 Å². The van der Waals surface area contributed by atoms with Crippen LogP contribution in [0.3, 0.4) is 0 Å². The normalized spacial score (nSPS) is 13.0. The Bertz CT molecular complexity index is 365. The number of rotatable bonds is 7. The molecule has 18 heavy (non-hydrogen) atoms. The second kappa shape index (κ2) is 8.16. The average molecular weight is 334 g/mol. The molecule has 4 heteroatoms. The molecule has 0 radical (unpaired) electrons. The monoisotopic (exact) mass is 332 g/mol. The molecular weight excluding hydrogens is 312 g/mol. The van der Waals surface area contributed by atoms with Crippen LogP contribution < -0.4 is 5.73 Å². The molecule has 0 bridgehead atoms. The van der Waals surface area contributed by atoms with E-state index in [0.29, 0.717) is 6.54 Å². The van der Waals surface area contributed by atoms with Gasteiger partial charge in [0.25, 0.3) is 0 Å². The van der Waals surface area contributed by atoms with Crippen LogP contribution >= 0.6 is 27.5 Å². The third-order valence-corrected chi connectivity index (χ3v) is 3.84. The molecule has 1 unspecified atom stereocenters. The van der Waals surface area contributed by atoms with Crippen LogP contribution in [0.25, 0.3) is 0 Å². The zero-order valence-electron chi connectivity index (χ0n) is 11.1. The molecule has 0 fully saturated rings. The largest absolute Gasteiger partial charge is 0.329 e. The summed E-state index contributed by atoms with van der Waals surface area (Å²) in [6.07, 6.45) is 2.25. The number of halogens is 2. The molecule has 0 aromatic heterocycles. The van der Waals surface area contributed by atoms with Gasteiger partial charge < -0.3 is 5.73 Å². The molecule has 0 heterocycles. The molecule has 1 atom stereocenters. The molecule has 0 saturated carbocycles. The summed E-state index contributed by atoms with van der Waals surface area (Å²) in [5, 5.41) is 0.797. The summed E-state index contributed by atoms with van der Waals surface area (Å²) in [5.41, 5.74) is 7.09. The maximum absolute atomic E-state index is 6.31. The maximum atomic E-state index is 6.31. The van der Waals surface area contributed by atoms with Crippen LogP contribution in [0.15, 0.2) is 22.7 Å². The fraction of sp³-hybridized carbons (Fsp3) is 0.571. The summed E-state index contributed by atoms with van der Waals surface area (Å²) in [4.78, 5) is 2.42. The van der Waals surface area contributed by atoms with E-state index in [2.05, 4.69) is 40.7 Å². The van der Waals surface area contributed by atoms with E-state index in [1.54, 1.807) is 0 Å². The van der Waals surface area contributed by atoms with Gasteiger partial charge in [-0.15, -0.1) is 0 Å².